The first-order chi connectivity index (χ1) is 23.2. The quantitative estimate of drug-likeness (QED) is 0.198. The highest BCUT2D eigenvalue weighted by molar-refractivity contribution is 7.92. The zero-order chi connectivity index (χ0) is 37.4. The van der Waals surface area contributed by atoms with Crippen LogP contribution in [0, 0.1) is 11.7 Å². The lowest BCUT2D eigenvalue weighted by Crippen LogP contribution is -2.60. The van der Waals surface area contributed by atoms with Crippen molar-refractivity contribution < 1.29 is 67.8 Å². The molecule has 2 heterocycles. The van der Waals surface area contributed by atoms with Gasteiger partial charge in [-0.1, -0.05) is 31.4 Å². The first-order valence-corrected chi connectivity index (χ1v) is 17.0. The standard InChI is InChI=1S/C31H32F8N2O5S.CH2O2/c1-18(2)46-27(43)41-17-25-28(47(44,45)22-11-9-21(32)10-12-22,14-15-40(25)26(42)19-6-4-3-5-7-19)23-13-8-20(16-24(23)41)29(33,30(34,35)36)31(37,38)39;2-1-3/h8-13,16,18-19,25H,3-7,14-15,17H2,1-2H3;1H,(H,2,3). The molecule has 0 bridgehead atoms. The number of anilines is 1. The van der Waals surface area contributed by atoms with E-state index >= 15 is 4.39 Å². The minimum atomic E-state index is -6.49. The Labute approximate surface area is 282 Å². The van der Waals surface area contributed by atoms with Crippen molar-refractivity contribution in [1.82, 2.24) is 4.90 Å². The van der Waals surface area contributed by atoms with E-state index in [0.717, 1.165) is 43.5 Å². The van der Waals surface area contributed by atoms with Crippen LogP contribution in [0.5, 0.6) is 0 Å². The van der Waals surface area contributed by atoms with Crippen LogP contribution in [0.3, 0.4) is 0 Å². The van der Waals surface area contributed by atoms with Crippen molar-refractivity contribution in [2.24, 2.45) is 5.92 Å². The number of benzene rings is 2. The van der Waals surface area contributed by atoms with Gasteiger partial charge in [0.2, 0.25) is 5.91 Å². The van der Waals surface area contributed by atoms with Crippen molar-refractivity contribution in [2.75, 3.05) is 18.0 Å². The fraction of sp³-hybridized carbons (Fsp3) is 0.531. The zero-order valence-electron chi connectivity index (χ0n) is 26.7. The predicted octanol–water partition coefficient (Wildman–Crippen LogP) is 7.03. The molecule has 2 amide bonds. The first kappa shape index (κ1) is 38.8. The molecule has 1 N–H and O–H groups in total. The molecule has 2 aromatic carbocycles. The van der Waals surface area contributed by atoms with E-state index < -0.39 is 96.7 Å². The lowest BCUT2D eigenvalue weighted by molar-refractivity contribution is -0.348. The third-order valence-corrected chi connectivity index (χ3v) is 11.9. The van der Waals surface area contributed by atoms with Gasteiger partial charge in [0.15, 0.2) is 9.84 Å². The van der Waals surface area contributed by atoms with E-state index in [1.807, 2.05) is 0 Å². The fourth-order valence-corrected chi connectivity index (χ4v) is 9.37. The summed E-state index contributed by atoms with van der Waals surface area (Å²) in [6.07, 6.45) is -12.0. The monoisotopic (exact) mass is 742 g/mol. The molecular weight excluding hydrogens is 708 g/mol. The van der Waals surface area contributed by atoms with E-state index in [2.05, 4.69) is 0 Å². The molecule has 2 atom stereocenters. The lowest BCUT2D eigenvalue weighted by atomic mass is 9.82. The molecule has 3 aliphatic rings. The molecule has 9 nitrogen and oxygen atoms in total. The Morgan fingerprint density at radius 2 is 1.52 bits per heavy atom. The maximum absolute atomic E-state index is 15.3. The number of ether oxygens (including phenoxy) is 1. The molecule has 50 heavy (non-hydrogen) atoms. The number of sulfone groups is 1. The van der Waals surface area contributed by atoms with Crippen molar-refractivity contribution in [2.45, 2.75) is 92.2 Å². The summed E-state index contributed by atoms with van der Waals surface area (Å²) in [5.41, 5.74) is -8.99. The van der Waals surface area contributed by atoms with Crippen LogP contribution >= 0.6 is 0 Å². The topological polar surface area (TPSA) is 121 Å². The maximum Gasteiger partial charge on any atom is 0.435 e. The molecule has 1 saturated carbocycles. The number of carbonyl (C=O) groups excluding carboxylic acids is 2. The van der Waals surface area contributed by atoms with Crippen molar-refractivity contribution in [3.8, 4) is 0 Å². The second-order valence-electron chi connectivity index (χ2n) is 12.5. The molecule has 1 saturated heterocycles. The van der Waals surface area contributed by atoms with E-state index in [4.69, 9.17) is 14.6 Å². The van der Waals surface area contributed by atoms with Gasteiger partial charge >= 0.3 is 24.1 Å². The Bertz CT molecular complexity index is 1680. The summed E-state index contributed by atoms with van der Waals surface area (Å²) >= 11 is 0. The lowest BCUT2D eigenvalue weighted by Gasteiger charge is -2.47. The number of carbonyl (C=O) groups is 3. The number of nitrogens with zero attached hydrogens (tertiary/aromatic N) is 2. The van der Waals surface area contributed by atoms with E-state index in [-0.39, 0.29) is 31.6 Å². The molecule has 0 radical (unpaired) electrons. The number of rotatable bonds is 5. The maximum atomic E-state index is 15.3. The van der Waals surface area contributed by atoms with E-state index in [1.54, 1.807) is 0 Å². The van der Waals surface area contributed by atoms with Gasteiger partial charge in [0.1, 0.15) is 10.6 Å². The smallest absolute Gasteiger partial charge is 0.435 e. The molecule has 2 unspecified atom stereocenters. The third kappa shape index (κ3) is 6.50. The van der Waals surface area contributed by atoms with Gasteiger partial charge in [0.05, 0.1) is 29.3 Å². The molecule has 18 heteroatoms. The number of hydrogen-bond donors (Lipinski definition) is 1. The molecule has 0 aromatic heterocycles. The van der Waals surface area contributed by atoms with Gasteiger partial charge in [-0.05, 0) is 69.0 Å². The number of carboxylic acid groups (broad SMARTS) is 1. The van der Waals surface area contributed by atoms with Crippen LogP contribution in [0.25, 0.3) is 0 Å². The summed E-state index contributed by atoms with van der Waals surface area (Å²) in [5.74, 6) is -1.66. The second kappa shape index (κ2) is 14.0. The summed E-state index contributed by atoms with van der Waals surface area (Å²) in [7, 11) is -4.74. The number of amides is 2. The van der Waals surface area contributed by atoms with Gasteiger partial charge < -0.3 is 14.7 Å². The van der Waals surface area contributed by atoms with Crippen molar-refractivity contribution >= 4 is 34.0 Å². The Morgan fingerprint density at radius 1 is 0.960 bits per heavy atom. The molecule has 0 spiro atoms. The summed E-state index contributed by atoms with van der Waals surface area (Å²) in [6.45, 7) is 1.71. The highest BCUT2D eigenvalue weighted by Crippen LogP contribution is 2.58. The minimum Gasteiger partial charge on any atom is -0.483 e. The van der Waals surface area contributed by atoms with Crippen LogP contribution in [0.1, 0.15) is 63.5 Å². The van der Waals surface area contributed by atoms with Crippen LogP contribution in [0.4, 0.5) is 45.6 Å². The van der Waals surface area contributed by atoms with Crippen LogP contribution in [-0.2, 0) is 34.6 Å². The molecule has 2 aromatic rings. The van der Waals surface area contributed by atoms with Gasteiger partial charge in [0.25, 0.3) is 6.47 Å². The van der Waals surface area contributed by atoms with Gasteiger partial charge in [-0.15, -0.1) is 0 Å². The summed E-state index contributed by atoms with van der Waals surface area (Å²) in [4.78, 5) is 37.2. The van der Waals surface area contributed by atoms with Crippen LogP contribution in [0.2, 0.25) is 0 Å². The summed E-state index contributed by atoms with van der Waals surface area (Å²) in [5, 5.41) is 6.89. The van der Waals surface area contributed by atoms with Crippen LogP contribution in [0.15, 0.2) is 47.4 Å². The Morgan fingerprint density at radius 3 is 2.04 bits per heavy atom. The Hall–Kier alpha value is -3.96. The average molecular weight is 743 g/mol. The van der Waals surface area contributed by atoms with Crippen LogP contribution < -0.4 is 4.90 Å². The molecular formula is C32H34F8N2O7S. The Balaban J connectivity index is 0.00000181. The molecule has 276 valence electrons. The Kier molecular flexibility index (Phi) is 10.9. The number of alkyl halides is 7. The van der Waals surface area contributed by atoms with E-state index in [1.165, 1.54) is 18.7 Å². The zero-order valence-corrected chi connectivity index (χ0v) is 27.5. The predicted molar refractivity (Wildman–Crippen MR) is 161 cm³/mol. The minimum absolute atomic E-state index is 0.168. The summed E-state index contributed by atoms with van der Waals surface area (Å²) in [6, 6.07) is 3.25. The van der Waals surface area contributed by atoms with Crippen molar-refractivity contribution in [3.05, 3.63) is 59.4 Å². The number of likely N-dealkylation sites (tertiary alicyclic amines) is 1. The first-order valence-electron chi connectivity index (χ1n) is 15.5. The van der Waals surface area contributed by atoms with Crippen LogP contribution in [-0.4, -0.2) is 74.5 Å². The van der Waals surface area contributed by atoms with Crippen molar-refractivity contribution in [3.63, 3.8) is 0 Å². The molecule has 1 aliphatic carbocycles. The highest BCUT2D eigenvalue weighted by atomic mass is 32.2. The second-order valence-corrected chi connectivity index (χ2v) is 14.7. The normalized spacial score (nSPS) is 21.5. The molecule has 2 aliphatic heterocycles. The summed E-state index contributed by atoms with van der Waals surface area (Å²) < 4.78 is 144. The highest BCUT2D eigenvalue weighted by Gasteiger charge is 2.74. The number of fused-ring (bicyclic) bond motifs is 3. The largest absolute Gasteiger partial charge is 0.483 e. The SMILES string of the molecule is CC(C)OC(=O)N1CC2N(C(=O)C3CCCCC3)CCC2(S(=O)(=O)c2ccc(F)cc2)c2ccc(C(F)(C(F)(F)F)C(F)(F)F)cc21.O=CO. The third-order valence-electron chi connectivity index (χ3n) is 9.32. The van der Waals surface area contributed by atoms with Gasteiger partial charge in [0, 0.05) is 18.0 Å². The van der Waals surface area contributed by atoms with Gasteiger partial charge in [-0.2, -0.15) is 26.3 Å². The van der Waals surface area contributed by atoms with Gasteiger partial charge in [-0.3, -0.25) is 14.5 Å². The van der Waals surface area contributed by atoms with Crippen molar-refractivity contribution in [1.29, 1.82) is 0 Å². The van der Waals surface area contributed by atoms with E-state index in [9.17, 15) is 48.7 Å². The fourth-order valence-electron chi connectivity index (χ4n) is 7.08. The number of hydrogen-bond acceptors (Lipinski definition) is 6. The molecule has 5 rings (SSSR count). The van der Waals surface area contributed by atoms with E-state index in [0.29, 0.717) is 23.8 Å². The van der Waals surface area contributed by atoms with Gasteiger partial charge in [-0.25, -0.2) is 22.0 Å². The number of halogens is 8. The average Bonchev–Trinajstić information content (AvgIpc) is 3.44. The molecule has 2 fully saturated rings.